The van der Waals surface area contributed by atoms with Crippen LogP contribution in [0.25, 0.3) is 5.69 Å². The fourth-order valence-corrected chi connectivity index (χ4v) is 3.32. The number of aromatic nitrogens is 2. The molecule has 1 aromatic heterocycles. The summed E-state index contributed by atoms with van der Waals surface area (Å²) in [4.78, 5) is 41.1. The molecule has 2 aromatic rings. The van der Waals surface area contributed by atoms with E-state index < -0.39 is 5.60 Å². The van der Waals surface area contributed by atoms with Crippen molar-refractivity contribution < 1.29 is 14.3 Å². The Morgan fingerprint density at radius 3 is 2.13 bits per heavy atom. The maximum absolute atomic E-state index is 12.9. The Bertz CT molecular complexity index is 979. The summed E-state index contributed by atoms with van der Waals surface area (Å²) >= 11 is 0. The summed E-state index contributed by atoms with van der Waals surface area (Å²) in [5, 5.41) is 2.76. The second-order valence-corrected chi connectivity index (χ2v) is 8.32. The summed E-state index contributed by atoms with van der Waals surface area (Å²) in [6.45, 7) is 8.73. The Morgan fingerprint density at radius 2 is 1.57 bits per heavy atom. The summed E-state index contributed by atoms with van der Waals surface area (Å²) in [5.74, 6) is 0. The lowest BCUT2D eigenvalue weighted by Gasteiger charge is -2.35. The Hall–Kier alpha value is -3.23. The van der Waals surface area contributed by atoms with Crippen LogP contribution in [-0.2, 0) is 11.8 Å². The van der Waals surface area contributed by atoms with Crippen LogP contribution in [0.15, 0.2) is 35.1 Å². The maximum Gasteiger partial charge on any atom is 0.410 e. The molecule has 0 atom stereocenters. The normalized spacial score (nSPS) is 14.6. The predicted molar refractivity (Wildman–Crippen MR) is 114 cm³/mol. The van der Waals surface area contributed by atoms with E-state index in [-0.39, 0.29) is 23.4 Å². The van der Waals surface area contributed by atoms with E-state index >= 15 is 0 Å². The number of para-hydroxylation sites is 1. The first-order valence-corrected chi connectivity index (χ1v) is 9.96. The second kappa shape index (κ2) is 8.25. The highest BCUT2D eigenvalue weighted by Crippen LogP contribution is 2.16. The van der Waals surface area contributed by atoms with Crippen LogP contribution in [0.1, 0.15) is 26.5 Å². The molecule has 3 rings (SSSR count). The summed E-state index contributed by atoms with van der Waals surface area (Å²) < 4.78 is 8.61. The first-order chi connectivity index (χ1) is 14.1. The third-order valence-corrected chi connectivity index (χ3v) is 5.00. The number of nitrogens with zero attached hydrogens (tertiary/aromatic N) is 4. The lowest BCUT2D eigenvalue weighted by atomic mass is 10.2. The number of rotatable bonds is 2. The number of benzene rings is 1. The monoisotopic (exact) mass is 415 g/mol. The number of ether oxygens (including phenoxy) is 1. The largest absolute Gasteiger partial charge is 0.444 e. The van der Waals surface area contributed by atoms with Crippen LogP contribution in [0.2, 0.25) is 0 Å². The van der Waals surface area contributed by atoms with Crippen molar-refractivity contribution in [1.82, 2.24) is 19.2 Å². The fraction of sp³-hybridized carbons (Fsp3) is 0.476. The molecule has 162 valence electrons. The zero-order valence-electron chi connectivity index (χ0n) is 18.1. The van der Waals surface area contributed by atoms with Crippen LogP contribution in [0.4, 0.5) is 15.3 Å². The summed E-state index contributed by atoms with van der Waals surface area (Å²) in [6, 6.07) is 8.90. The van der Waals surface area contributed by atoms with Crippen molar-refractivity contribution >= 4 is 17.8 Å². The predicted octanol–water partition coefficient (Wildman–Crippen LogP) is 2.57. The number of urea groups is 1. The van der Waals surface area contributed by atoms with Crippen LogP contribution in [0.3, 0.4) is 0 Å². The van der Waals surface area contributed by atoms with E-state index in [1.807, 2.05) is 51.1 Å². The summed E-state index contributed by atoms with van der Waals surface area (Å²) in [5.41, 5.74) is 0.779. The number of piperazine rings is 1. The Labute approximate surface area is 175 Å². The van der Waals surface area contributed by atoms with E-state index in [1.165, 1.54) is 4.68 Å². The van der Waals surface area contributed by atoms with Gasteiger partial charge in [-0.1, -0.05) is 18.2 Å². The van der Waals surface area contributed by atoms with Gasteiger partial charge >= 0.3 is 12.1 Å². The molecule has 0 spiro atoms. The lowest BCUT2D eigenvalue weighted by molar-refractivity contribution is 0.0174. The van der Waals surface area contributed by atoms with Crippen molar-refractivity contribution in [3.05, 3.63) is 46.4 Å². The number of hydrogen-bond donors (Lipinski definition) is 1. The maximum atomic E-state index is 12.9. The molecule has 1 N–H and O–H groups in total. The minimum absolute atomic E-state index is 0.251. The molecule has 9 nitrogen and oxygen atoms in total. The van der Waals surface area contributed by atoms with Crippen LogP contribution < -0.4 is 10.9 Å². The molecule has 3 amide bonds. The van der Waals surface area contributed by atoms with Crippen molar-refractivity contribution in [3.8, 4) is 5.69 Å². The van der Waals surface area contributed by atoms with Crippen molar-refractivity contribution in [2.24, 2.45) is 7.05 Å². The third-order valence-electron chi connectivity index (χ3n) is 5.00. The van der Waals surface area contributed by atoms with Gasteiger partial charge in [0.15, 0.2) is 0 Å². The Balaban J connectivity index is 1.68. The zero-order valence-corrected chi connectivity index (χ0v) is 18.1. The smallest absolute Gasteiger partial charge is 0.410 e. The molecular weight excluding hydrogens is 386 g/mol. The molecule has 1 saturated heterocycles. The van der Waals surface area contributed by atoms with Gasteiger partial charge in [-0.2, -0.15) is 0 Å². The van der Waals surface area contributed by atoms with Gasteiger partial charge in [0.05, 0.1) is 11.4 Å². The van der Waals surface area contributed by atoms with Crippen LogP contribution >= 0.6 is 0 Å². The van der Waals surface area contributed by atoms with Crippen molar-refractivity contribution in [1.29, 1.82) is 0 Å². The van der Waals surface area contributed by atoms with Gasteiger partial charge in [0.2, 0.25) is 0 Å². The van der Waals surface area contributed by atoms with Crippen molar-refractivity contribution in [2.75, 3.05) is 31.5 Å². The van der Waals surface area contributed by atoms with E-state index in [0.29, 0.717) is 31.9 Å². The molecule has 1 aromatic carbocycles. The highest BCUT2D eigenvalue weighted by Gasteiger charge is 2.28. The Kier molecular flexibility index (Phi) is 5.91. The highest BCUT2D eigenvalue weighted by atomic mass is 16.6. The SMILES string of the molecule is Cc1c(NC(=O)N2CCN(C(=O)OC(C)(C)C)CC2)c(=O)n(-c2ccccc2)n1C. The van der Waals surface area contributed by atoms with Gasteiger partial charge in [0.25, 0.3) is 5.56 Å². The molecule has 1 aliphatic rings. The molecule has 30 heavy (non-hydrogen) atoms. The van der Waals surface area contributed by atoms with E-state index in [4.69, 9.17) is 4.74 Å². The van der Waals surface area contributed by atoms with E-state index in [2.05, 4.69) is 5.32 Å². The standard InChI is InChI=1S/C21H29N5O4/c1-15-17(18(27)26(23(15)5)16-9-7-6-8-10-16)22-19(28)24-11-13-25(14-12-24)20(29)30-21(2,3)4/h6-10H,11-14H2,1-5H3,(H,22,28). The van der Waals surface area contributed by atoms with E-state index in [0.717, 1.165) is 5.69 Å². The van der Waals surface area contributed by atoms with Crippen LogP contribution in [0, 0.1) is 6.92 Å². The van der Waals surface area contributed by atoms with Gasteiger partial charge < -0.3 is 19.9 Å². The minimum atomic E-state index is -0.560. The molecule has 2 heterocycles. The molecule has 0 aliphatic carbocycles. The van der Waals surface area contributed by atoms with Gasteiger partial charge in [0.1, 0.15) is 11.3 Å². The van der Waals surface area contributed by atoms with Crippen LogP contribution in [-0.4, -0.2) is 63.1 Å². The first kappa shape index (κ1) is 21.5. The number of carbonyl (C=O) groups is 2. The van der Waals surface area contributed by atoms with Crippen molar-refractivity contribution in [2.45, 2.75) is 33.3 Å². The molecule has 0 unspecified atom stereocenters. The lowest BCUT2D eigenvalue weighted by Crippen LogP contribution is -2.52. The zero-order chi connectivity index (χ0) is 22.1. The molecule has 1 fully saturated rings. The van der Waals surface area contributed by atoms with Gasteiger partial charge in [-0.15, -0.1) is 0 Å². The molecule has 1 aliphatic heterocycles. The Morgan fingerprint density at radius 1 is 1.00 bits per heavy atom. The van der Waals surface area contributed by atoms with Gasteiger partial charge in [0, 0.05) is 33.2 Å². The number of carbonyl (C=O) groups excluding carboxylic acids is 2. The summed E-state index contributed by atoms with van der Waals surface area (Å²) in [7, 11) is 1.78. The minimum Gasteiger partial charge on any atom is -0.444 e. The average molecular weight is 415 g/mol. The number of nitrogens with one attached hydrogen (secondary N) is 1. The third kappa shape index (κ3) is 4.50. The molecular formula is C21H29N5O4. The van der Waals surface area contributed by atoms with Gasteiger partial charge in [-0.3, -0.25) is 9.48 Å². The van der Waals surface area contributed by atoms with E-state index in [9.17, 15) is 14.4 Å². The highest BCUT2D eigenvalue weighted by molar-refractivity contribution is 5.90. The average Bonchev–Trinajstić information content (AvgIpc) is 2.90. The number of hydrogen-bond acceptors (Lipinski definition) is 4. The molecule has 0 saturated carbocycles. The van der Waals surface area contributed by atoms with Crippen molar-refractivity contribution in [3.63, 3.8) is 0 Å². The van der Waals surface area contributed by atoms with E-state index in [1.54, 1.807) is 28.5 Å². The first-order valence-electron chi connectivity index (χ1n) is 9.96. The molecule has 0 bridgehead atoms. The molecule has 0 radical (unpaired) electrons. The second-order valence-electron chi connectivity index (χ2n) is 8.32. The molecule has 9 heteroatoms. The quantitative estimate of drug-likeness (QED) is 0.816. The summed E-state index contributed by atoms with van der Waals surface area (Å²) in [6.07, 6.45) is -0.382. The van der Waals surface area contributed by atoms with Gasteiger partial charge in [-0.05, 0) is 39.8 Å². The fourth-order valence-electron chi connectivity index (χ4n) is 3.32. The topological polar surface area (TPSA) is 88.8 Å². The number of amides is 3. The van der Waals surface area contributed by atoms with Gasteiger partial charge in [-0.25, -0.2) is 14.3 Å². The van der Waals surface area contributed by atoms with Crippen LogP contribution in [0.5, 0.6) is 0 Å². The number of anilines is 1.